The van der Waals surface area contributed by atoms with Crippen LogP contribution in [0.2, 0.25) is 0 Å². The van der Waals surface area contributed by atoms with Crippen LogP contribution in [0.25, 0.3) is 10.2 Å². The number of esters is 1. The Labute approximate surface area is 171 Å². The first-order chi connectivity index (χ1) is 14.0. The van der Waals surface area contributed by atoms with Crippen LogP contribution in [0.1, 0.15) is 19.1 Å². The lowest BCUT2D eigenvalue weighted by molar-refractivity contribution is -0.139. The minimum Gasteiger partial charge on any atom is -0.469 e. The van der Waals surface area contributed by atoms with Crippen LogP contribution < -0.4 is 10.6 Å². The number of rotatable bonds is 8. The van der Waals surface area contributed by atoms with Crippen LogP contribution in [0.5, 0.6) is 0 Å². The summed E-state index contributed by atoms with van der Waals surface area (Å²) in [7, 11) is 1.24. The number of aromatic nitrogens is 1. The van der Waals surface area contributed by atoms with E-state index < -0.39 is 11.9 Å². The highest BCUT2D eigenvalue weighted by atomic mass is 32.1. The van der Waals surface area contributed by atoms with E-state index in [9.17, 15) is 9.59 Å². The summed E-state index contributed by atoms with van der Waals surface area (Å²) in [6.45, 7) is 2.00. The molecule has 1 amide bonds. The number of thiazole rings is 1. The van der Waals surface area contributed by atoms with Crippen LogP contribution in [0.15, 0.2) is 58.3 Å². The minimum absolute atomic E-state index is 0.0567. The van der Waals surface area contributed by atoms with Crippen molar-refractivity contribution in [2.75, 3.05) is 12.4 Å². The summed E-state index contributed by atoms with van der Waals surface area (Å²) in [6, 6.07) is 11.1. The Morgan fingerprint density at radius 3 is 2.72 bits per heavy atom. The molecule has 3 rings (SSSR count). The topological polar surface area (TPSA) is 117 Å². The van der Waals surface area contributed by atoms with Gasteiger partial charge in [-0.1, -0.05) is 23.5 Å². The maximum Gasteiger partial charge on any atom is 0.311 e. The van der Waals surface area contributed by atoms with Crippen molar-refractivity contribution in [3.8, 4) is 0 Å². The van der Waals surface area contributed by atoms with E-state index in [4.69, 9.17) is 9.83 Å². The van der Waals surface area contributed by atoms with Crippen molar-refractivity contribution in [2.45, 2.75) is 19.9 Å². The van der Waals surface area contributed by atoms with Gasteiger partial charge in [0.15, 0.2) is 5.13 Å². The number of hydrogen-bond acceptors (Lipinski definition) is 8. The molecule has 0 fully saturated rings. The van der Waals surface area contributed by atoms with Crippen LogP contribution in [-0.4, -0.2) is 29.7 Å². The number of benzene rings is 1. The van der Waals surface area contributed by atoms with Crippen LogP contribution >= 0.6 is 11.3 Å². The van der Waals surface area contributed by atoms with Gasteiger partial charge in [0, 0.05) is 5.70 Å². The summed E-state index contributed by atoms with van der Waals surface area (Å²) in [5.41, 5.74) is 1.12. The highest BCUT2D eigenvalue weighted by molar-refractivity contribution is 7.22. The highest BCUT2D eigenvalue weighted by Gasteiger charge is 2.22. The molecule has 0 unspecified atom stereocenters. The van der Waals surface area contributed by atoms with Crippen LogP contribution in [0, 0.1) is 5.41 Å². The molecule has 1 aromatic carbocycles. The van der Waals surface area contributed by atoms with Gasteiger partial charge in [-0.05, 0) is 31.2 Å². The molecule has 29 heavy (non-hydrogen) atoms. The second-order valence-corrected chi connectivity index (χ2v) is 7.14. The van der Waals surface area contributed by atoms with E-state index in [1.807, 2.05) is 24.3 Å². The van der Waals surface area contributed by atoms with Crippen molar-refractivity contribution in [3.63, 3.8) is 0 Å². The van der Waals surface area contributed by atoms with Crippen LogP contribution in [0.4, 0.5) is 5.13 Å². The normalized spacial score (nSPS) is 11.7. The lowest BCUT2D eigenvalue weighted by Gasteiger charge is -2.14. The van der Waals surface area contributed by atoms with Gasteiger partial charge in [0.05, 0.1) is 47.8 Å². The monoisotopic (exact) mass is 412 g/mol. The van der Waals surface area contributed by atoms with Gasteiger partial charge in [-0.15, -0.1) is 0 Å². The Hall–Kier alpha value is -3.46. The van der Waals surface area contributed by atoms with Gasteiger partial charge in [0.25, 0.3) is 5.91 Å². The van der Waals surface area contributed by atoms with E-state index in [0.29, 0.717) is 23.1 Å². The van der Waals surface area contributed by atoms with E-state index in [1.54, 1.807) is 25.3 Å². The number of nitrogens with one attached hydrogen (secondary N) is 3. The number of amides is 1. The number of nitrogens with zero attached hydrogens (tertiary/aromatic N) is 1. The number of carbonyl (C=O) groups is 2. The maximum atomic E-state index is 12.9. The van der Waals surface area contributed by atoms with Crippen molar-refractivity contribution < 1.29 is 18.7 Å². The molecule has 9 heteroatoms. The van der Waals surface area contributed by atoms with E-state index in [2.05, 4.69) is 20.4 Å². The van der Waals surface area contributed by atoms with Gasteiger partial charge in [-0.3, -0.25) is 14.9 Å². The zero-order valence-corrected chi connectivity index (χ0v) is 16.8. The number of carbonyl (C=O) groups excluding carboxylic acids is 2. The van der Waals surface area contributed by atoms with Crippen molar-refractivity contribution >= 4 is 44.3 Å². The summed E-state index contributed by atoms with van der Waals surface area (Å²) >= 11 is 1.33. The largest absolute Gasteiger partial charge is 0.469 e. The average Bonchev–Trinajstić information content (AvgIpc) is 3.35. The van der Waals surface area contributed by atoms with E-state index >= 15 is 0 Å². The Kier molecular flexibility index (Phi) is 6.40. The number of methoxy groups -OCH3 is 1. The van der Waals surface area contributed by atoms with E-state index in [0.717, 1.165) is 10.2 Å². The average molecular weight is 412 g/mol. The van der Waals surface area contributed by atoms with E-state index in [-0.39, 0.29) is 17.7 Å². The molecule has 0 aliphatic carbocycles. The fraction of sp³-hybridized carbons (Fsp3) is 0.200. The summed E-state index contributed by atoms with van der Waals surface area (Å²) in [5, 5.41) is 14.5. The first-order valence-corrected chi connectivity index (χ1v) is 9.58. The summed E-state index contributed by atoms with van der Waals surface area (Å²) < 4.78 is 10.8. The predicted molar refractivity (Wildman–Crippen MR) is 111 cm³/mol. The van der Waals surface area contributed by atoms with Crippen molar-refractivity contribution in [3.05, 3.63) is 59.7 Å². The summed E-state index contributed by atoms with van der Waals surface area (Å²) in [5.74, 6) is -0.448. The number of ether oxygens (including phenoxy) is 1. The number of hydrogen-bond donors (Lipinski definition) is 3. The van der Waals surface area contributed by atoms with Crippen molar-refractivity contribution in [1.29, 1.82) is 5.41 Å². The van der Waals surface area contributed by atoms with Gasteiger partial charge in [0.2, 0.25) is 0 Å². The molecule has 3 N–H and O–H groups in total. The Bertz CT molecular complexity index is 1040. The van der Waals surface area contributed by atoms with Crippen molar-refractivity contribution in [2.24, 2.45) is 0 Å². The van der Waals surface area contributed by atoms with Crippen molar-refractivity contribution in [1.82, 2.24) is 10.3 Å². The third kappa shape index (κ3) is 5.08. The van der Waals surface area contributed by atoms with Gasteiger partial charge < -0.3 is 19.9 Å². The lowest BCUT2D eigenvalue weighted by Crippen LogP contribution is -2.27. The number of fused-ring (bicyclic) bond motifs is 1. The standard InChI is InChI=1S/C20H20N4O4S/c1-12(22-11-13-6-5-9-28-13)18(14(21)10-17(25)27-2)19(26)24-20-23-15-7-3-4-8-16(15)29-20/h3-9,21-22H,10-11H2,1-2H3,(H,23,24,26)/b18-12+,21-14?. The molecule has 0 aliphatic rings. The molecule has 2 heterocycles. The molecule has 0 radical (unpaired) electrons. The summed E-state index contributed by atoms with van der Waals surface area (Å²) in [6.07, 6.45) is 1.23. The Morgan fingerprint density at radius 1 is 1.24 bits per heavy atom. The van der Waals surface area contributed by atoms with Gasteiger partial charge in [0.1, 0.15) is 5.76 Å². The molecule has 0 saturated heterocycles. The molecule has 150 valence electrons. The maximum absolute atomic E-state index is 12.9. The lowest BCUT2D eigenvalue weighted by atomic mass is 10.0. The molecule has 0 spiro atoms. The van der Waals surface area contributed by atoms with Crippen LogP contribution in [0.3, 0.4) is 0 Å². The fourth-order valence-corrected chi connectivity index (χ4v) is 3.51. The Morgan fingerprint density at radius 2 is 2.03 bits per heavy atom. The minimum atomic E-state index is -0.598. The SMILES string of the molecule is COC(=O)CC(=N)/C(C(=O)Nc1nc2ccccc2s1)=C(/C)NCc1ccco1. The number of para-hydroxylation sites is 1. The first kappa shape index (κ1) is 20.3. The molecule has 0 aliphatic heterocycles. The molecular weight excluding hydrogens is 392 g/mol. The molecule has 0 bridgehead atoms. The molecule has 2 aromatic heterocycles. The summed E-state index contributed by atoms with van der Waals surface area (Å²) in [4.78, 5) is 29.0. The predicted octanol–water partition coefficient (Wildman–Crippen LogP) is 3.47. The van der Waals surface area contributed by atoms with Gasteiger partial charge in [-0.2, -0.15) is 0 Å². The molecular formula is C20H20N4O4S. The fourth-order valence-electron chi connectivity index (χ4n) is 2.65. The third-order valence-corrected chi connectivity index (χ3v) is 5.03. The zero-order chi connectivity index (χ0) is 20.8. The second-order valence-electron chi connectivity index (χ2n) is 6.11. The zero-order valence-electron chi connectivity index (χ0n) is 15.9. The number of allylic oxidation sites excluding steroid dienone is 1. The molecule has 3 aromatic rings. The smallest absolute Gasteiger partial charge is 0.311 e. The number of furan rings is 1. The first-order valence-electron chi connectivity index (χ1n) is 8.76. The highest BCUT2D eigenvalue weighted by Crippen LogP contribution is 2.26. The molecule has 8 nitrogen and oxygen atoms in total. The van der Waals surface area contributed by atoms with Gasteiger partial charge >= 0.3 is 5.97 Å². The van der Waals surface area contributed by atoms with Crippen LogP contribution in [-0.2, 0) is 20.9 Å². The second kappa shape index (κ2) is 9.16. The molecule has 0 saturated carbocycles. The van der Waals surface area contributed by atoms with E-state index in [1.165, 1.54) is 18.4 Å². The Balaban J connectivity index is 1.83. The number of anilines is 1. The third-order valence-electron chi connectivity index (χ3n) is 4.07. The van der Waals surface area contributed by atoms with Gasteiger partial charge in [-0.25, -0.2) is 4.98 Å². The molecule has 0 atom stereocenters. The quantitative estimate of drug-likeness (QED) is 0.296.